The summed E-state index contributed by atoms with van der Waals surface area (Å²) in [5, 5.41) is 2.96. The number of oxazole rings is 1. The first-order valence-corrected chi connectivity index (χ1v) is 9.09. The van der Waals surface area contributed by atoms with Crippen molar-refractivity contribution < 1.29 is 18.7 Å². The Labute approximate surface area is 160 Å². The van der Waals surface area contributed by atoms with Gasteiger partial charge in [-0.15, -0.1) is 6.42 Å². The molecule has 0 fully saturated rings. The summed E-state index contributed by atoms with van der Waals surface area (Å²) in [7, 11) is 0. The second-order valence-electron chi connectivity index (χ2n) is 5.45. The zero-order valence-electron chi connectivity index (χ0n) is 14.3. The molecule has 0 unspecified atom stereocenters. The third-order valence-corrected chi connectivity index (χ3v) is 4.46. The van der Waals surface area contributed by atoms with E-state index < -0.39 is 11.9 Å². The number of hydrogen-bond acceptors (Lipinski definition) is 6. The molecule has 0 aliphatic carbocycles. The minimum absolute atomic E-state index is 0.0914. The lowest BCUT2D eigenvalue weighted by Gasteiger charge is -2.08. The Bertz CT molecular complexity index is 973. The molecule has 7 heteroatoms. The lowest BCUT2D eigenvalue weighted by atomic mass is 10.1. The number of carbonyl (C=O) groups excluding carboxylic acids is 2. The molecular weight excluding hydrogens is 364 g/mol. The molecule has 0 aliphatic heterocycles. The number of aromatic nitrogens is 1. The van der Waals surface area contributed by atoms with Crippen molar-refractivity contribution in [1.82, 2.24) is 10.3 Å². The van der Waals surface area contributed by atoms with E-state index >= 15 is 0 Å². The number of terminal acetylenes is 1. The fourth-order valence-electron chi connectivity index (χ4n) is 2.31. The largest absolute Gasteiger partial charge is 0.452 e. The van der Waals surface area contributed by atoms with Crippen molar-refractivity contribution in [3.63, 3.8) is 0 Å². The summed E-state index contributed by atoms with van der Waals surface area (Å²) >= 11 is 1.38. The number of amides is 1. The van der Waals surface area contributed by atoms with Crippen molar-refractivity contribution in [3.05, 3.63) is 59.7 Å². The highest BCUT2D eigenvalue weighted by Crippen LogP contribution is 2.27. The van der Waals surface area contributed by atoms with Crippen LogP contribution in [-0.2, 0) is 15.3 Å². The normalized spacial score (nSPS) is 10.3. The van der Waals surface area contributed by atoms with Crippen LogP contribution in [0.5, 0.6) is 0 Å². The number of nitrogens with one attached hydrogen (secondary N) is 1. The molecule has 1 aromatic heterocycles. The maximum atomic E-state index is 12.3. The maximum absolute atomic E-state index is 12.3. The third kappa shape index (κ3) is 4.90. The molecule has 1 heterocycles. The summed E-state index contributed by atoms with van der Waals surface area (Å²) in [6.45, 7) is -0.290. The van der Waals surface area contributed by atoms with E-state index in [2.05, 4.69) is 16.2 Å². The number of benzene rings is 2. The Morgan fingerprint density at radius 2 is 1.96 bits per heavy atom. The van der Waals surface area contributed by atoms with Gasteiger partial charge in [0.25, 0.3) is 11.1 Å². The summed E-state index contributed by atoms with van der Waals surface area (Å²) in [6.07, 6.45) is 5.06. The smallest absolute Gasteiger partial charge is 0.338 e. The van der Waals surface area contributed by atoms with Crippen molar-refractivity contribution >= 4 is 34.7 Å². The minimum Gasteiger partial charge on any atom is -0.452 e. The number of hydrogen-bond donors (Lipinski definition) is 1. The summed E-state index contributed by atoms with van der Waals surface area (Å²) in [4.78, 5) is 28.2. The van der Waals surface area contributed by atoms with Gasteiger partial charge < -0.3 is 14.5 Å². The van der Waals surface area contributed by atoms with Gasteiger partial charge in [0.15, 0.2) is 12.2 Å². The molecule has 0 radical (unpaired) electrons. The molecule has 0 aliphatic rings. The maximum Gasteiger partial charge on any atom is 0.338 e. The van der Waals surface area contributed by atoms with E-state index in [0.29, 0.717) is 22.1 Å². The van der Waals surface area contributed by atoms with Gasteiger partial charge >= 0.3 is 5.97 Å². The molecule has 2 aromatic carbocycles. The highest BCUT2D eigenvalue weighted by molar-refractivity contribution is 7.98. The molecule has 27 heavy (non-hydrogen) atoms. The first kappa shape index (κ1) is 18.5. The Morgan fingerprint density at radius 3 is 2.78 bits per heavy atom. The molecule has 0 saturated heterocycles. The molecule has 6 nitrogen and oxygen atoms in total. The SMILES string of the molecule is C#CCNC(=O)COC(=O)c1ccccc1CSc1nc2ccccc2o1. The quantitative estimate of drug-likeness (QED) is 0.385. The Hall–Kier alpha value is -3.24. The van der Waals surface area contributed by atoms with Crippen LogP contribution < -0.4 is 5.32 Å². The highest BCUT2D eigenvalue weighted by atomic mass is 32.2. The molecule has 1 N–H and O–H groups in total. The number of thioether (sulfide) groups is 1. The number of ether oxygens (including phenoxy) is 1. The van der Waals surface area contributed by atoms with Gasteiger partial charge in [0.05, 0.1) is 12.1 Å². The fourth-order valence-corrected chi connectivity index (χ4v) is 3.15. The van der Waals surface area contributed by atoms with E-state index in [0.717, 1.165) is 11.1 Å². The predicted molar refractivity (Wildman–Crippen MR) is 102 cm³/mol. The van der Waals surface area contributed by atoms with Gasteiger partial charge in [-0.3, -0.25) is 4.79 Å². The van der Waals surface area contributed by atoms with Gasteiger partial charge in [0.1, 0.15) is 5.52 Å². The van der Waals surface area contributed by atoms with Gasteiger partial charge in [-0.05, 0) is 23.8 Å². The summed E-state index contributed by atoms with van der Waals surface area (Å²) in [5.41, 5.74) is 2.65. The van der Waals surface area contributed by atoms with Crippen molar-refractivity contribution in [2.45, 2.75) is 11.0 Å². The van der Waals surface area contributed by atoms with Crippen LogP contribution in [0.1, 0.15) is 15.9 Å². The van der Waals surface area contributed by atoms with Crippen molar-refractivity contribution in [3.8, 4) is 12.3 Å². The van der Waals surface area contributed by atoms with Crippen molar-refractivity contribution in [1.29, 1.82) is 0 Å². The van der Waals surface area contributed by atoms with Gasteiger partial charge in [-0.25, -0.2) is 9.78 Å². The number of para-hydroxylation sites is 2. The van der Waals surface area contributed by atoms with Crippen LogP contribution in [-0.4, -0.2) is 30.0 Å². The second kappa shape index (κ2) is 8.92. The van der Waals surface area contributed by atoms with Crippen LogP contribution in [0.15, 0.2) is 58.2 Å². The zero-order valence-corrected chi connectivity index (χ0v) is 15.1. The van der Waals surface area contributed by atoms with Crippen LogP contribution in [0.3, 0.4) is 0 Å². The highest BCUT2D eigenvalue weighted by Gasteiger charge is 2.15. The van der Waals surface area contributed by atoms with E-state index in [-0.39, 0.29) is 13.2 Å². The molecule has 0 saturated carbocycles. The molecule has 1 amide bonds. The first-order valence-electron chi connectivity index (χ1n) is 8.11. The van der Waals surface area contributed by atoms with Crippen LogP contribution in [0, 0.1) is 12.3 Å². The molecular formula is C20H16N2O4S. The van der Waals surface area contributed by atoms with Gasteiger partial charge in [0, 0.05) is 5.75 Å². The average Bonchev–Trinajstić information content (AvgIpc) is 3.12. The molecule has 0 spiro atoms. The number of nitrogens with zero attached hydrogens (tertiary/aromatic N) is 1. The summed E-state index contributed by atoms with van der Waals surface area (Å²) in [6, 6.07) is 14.6. The van der Waals surface area contributed by atoms with Crippen molar-refractivity contribution in [2.24, 2.45) is 0 Å². The average molecular weight is 380 g/mol. The zero-order chi connectivity index (χ0) is 19.1. The number of rotatable bonds is 7. The summed E-state index contributed by atoms with van der Waals surface area (Å²) in [5.74, 6) is 1.74. The lowest BCUT2D eigenvalue weighted by Crippen LogP contribution is -2.29. The topological polar surface area (TPSA) is 81.4 Å². The van der Waals surface area contributed by atoms with Crippen LogP contribution in [0.2, 0.25) is 0 Å². The first-order chi connectivity index (χ1) is 13.2. The van der Waals surface area contributed by atoms with Crippen molar-refractivity contribution in [2.75, 3.05) is 13.2 Å². The fraction of sp³-hybridized carbons (Fsp3) is 0.150. The number of esters is 1. The van der Waals surface area contributed by atoms with Gasteiger partial charge in [-0.2, -0.15) is 0 Å². The second-order valence-corrected chi connectivity index (χ2v) is 6.38. The van der Waals surface area contributed by atoms with Crippen LogP contribution in [0.4, 0.5) is 0 Å². The van der Waals surface area contributed by atoms with E-state index in [9.17, 15) is 9.59 Å². The molecule has 3 aromatic rings. The molecule has 3 rings (SSSR count). The standard InChI is InChI=1S/C20H16N2O4S/c1-2-11-21-18(23)12-25-19(24)15-8-4-3-7-14(15)13-27-20-22-16-9-5-6-10-17(16)26-20/h1,3-10H,11-13H2,(H,21,23). The van der Waals surface area contributed by atoms with E-state index in [4.69, 9.17) is 15.6 Å². The minimum atomic E-state index is -0.570. The molecule has 0 bridgehead atoms. The monoisotopic (exact) mass is 380 g/mol. The lowest BCUT2D eigenvalue weighted by molar-refractivity contribution is -0.123. The Kier molecular flexibility index (Phi) is 6.13. The number of carbonyl (C=O) groups is 2. The van der Waals surface area contributed by atoms with Crippen LogP contribution in [0.25, 0.3) is 11.1 Å². The molecule has 136 valence electrons. The van der Waals surface area contributed by atoms with E-state index in [1.54, 1.807) is 12.1 Å². The number of fused-ring (bicyclic) bond motifs is 1. The van der Waals surface area contributed by atoms with Gasteiger partial charge in [0.2, 0.25) is 0 Å². The van der Waals surface area contributed by atoms with E-state index in [1.165, 1.54) is 11.8 Å². The predicted octanol–water partition coefficient (Wildman–Crippen LogP) is 3.03. The van der Waals surface area contributed by atoms with Gasteiger partial charge in [-0.1, -0.05) is 48.0 Å². The Morgan fingerprint density at radius 1 is 1.19 bits per heavy atom. The Balaban J connectivity index is 1.63. The van der Waals surface area contributed by atoms with E-state index in [1.807, 2.05) is 36.4 Å². The third-order valence-electron chi connectivity index (χ3n) is 3.58. The summed E-state index contributed by atoms with van der Waals surface area (Å²) < 4.78 is 10.7. The van der Waals surface area contributed by atoms with Crippen LogP contribution >= 0.6 is 11.8 Å². The molecule has 0 atom stereocenters.